The van der Waals surface area contributed by atoms with Gasteiger partial charge in [0.25, 0.3) is 17.7 Å². The van der Waals surface area contributed by atoms with E-state index >= 15 is 0 Å². The van der Waals surface area contributed by atoms with Crippen molar-refractivity contribution in [1.82, 2.24) is 15.2 Å². The fraction of sp³-hybridized carbons (Fsp3) is 0.276. The quantitative estimate of drug-likeness (QED) is 0.0922. The van der Waals surface area contributed by atoms with Crippen molar-refractivity contribution in [2.75, 3.05) is 25.0 Å². The maximum Gasteiger partial charge on any atom is 0.261 e. The number of hydrogen-bond acceptors (Lipinski definition) is 9. The maximum absolute atomic E-state index is 13.4. The molecular formula is C29H30N4O8. The van der Waals surface area contributed by atoms with Gasteiger partial charge in [0.15, 0.2) is 6.10 Å². The van der Waals surface area contributed by atoms with Crippen LogP contribution < -0.4 is 10.6 Å². The summed E-state index contributed by atoms with van der Waals surface area (Å²) in [6.07, 6.45) is -7.67. The van der Waals surface area contributed by atoms with Gasteiger partial charge in [-0.05, 0) is 35.7 Å². The number of imide groups is 1. The second kappa shape index (κ2) is 11.6. The number of aliphatic hydroxyl groups is 5. The van der Waals surface area contributed by atoms with Gasteiger partial charge < -0.3 is 41.2 Å². The highest BCUT2D eigenvalue weighted by Gasteiger charge is 2.35. The monoisotopic (exact) mass is 562 g/mol. The number of aromatic nitrogens is 1. The van der Waals surface area contributed by atoms with Crippen LogP contribution in [0.4, 0.5) is 5.69 Å². The van der Waals surface area contributed by atoms with Crippen LogP contribution in [-0.4, -0.2) is 97.3 Å². The molecule has 0 radical (unpaired) electrons. The van der Waals surface area contributed by atoms with Gasteiger partial charge in [0, 0.05) is 51.9 Å². The van der Waals surface area contributed by atoms with Crippen molar-refractivity contribution in [1.29, 1.82) is 0 Å². The van der Waals surface area contributed by atoms with Crippen molar-refractivity contribution < 1.29 is 39.9 Å². The van der Waals surface area contributed by atoms with Gasteiger partial charge in [-0.2, -0.15) is 0 Å². The number of benzene rings is 3. The number of rotatable bonds is 11. The third kappa shape index (κ3) is 5.38. The van der Waals surface area contributed by atoms with Gasteiger partial charge in [-0.1, -0.05) is 30.3 Å². The van der Waals surface area contributed by atoms with Gasteiger partial charge >= 0.3 is 0 Å². The molecule has 12 heteroatoms. The van der Waals surface area contributed by atoms with Crippen molar-refractivity contribution in [3.63, 3.8) is 0 Å². The van der Waals surface area contributed by atoms with Crippen molar-refractivity contribution in [3.8, 4) is 0 Å². The summed E-state index contributed by atoms with van der Waals surface area (Å²) < 4.78 is 0. The van der Waals surface area contributed by atoms with Gasteiger partial charge in [0.2, 0.25) is 0 Å². The van der Waals surface area contributed by atoms with Crippen LogP contribution in [0.25, 0.3) is 21.7 Å². The molecular weight excluding hydrogens is 532 g/mol. The standard InChI is InChI=1S/C29H30N4O8/c34-14-22(35)24(36)25(37)26(38)27(39)31-11-10-30-21-9-8-19-23-17(21)5-3-6-18(23)28(40)33(29(19)41)13-16-12-15-4-1-2-7-20(15)32-16/h1-9,12,22,24-26,30,32,34-38H,10-11,13-14H2,(H,31,39). The van der Waals surface area contributed by atoms with Gasteiger partial charge in [0.05, 0.1) is 13.2 Å². The Labute approximate surface area is 233 Å². The zero-order chi connectivity index (χ0) is 29.3. The van der Waals surface area contributed by atoms with Crippen molar-refractivity contribution in [3.05, 3.63) is 77.5 Å². The average Bonchev–Trinajstić information content (AvgIpc) is 3.41. The molecule has 0 saturated heterocycles. The number of aliphatic hydroxyl groups excluding tert-OH is 5. The fourth-order valence-corrected chi connectivity index (χ4v) is 5.00. The van der Waals surface area contributed by atoms with Crippen LogP contribution >= 0.6 is 0 Å². The topological polar surface area (TPSA) is 195 Å². The lowest BCUT2D eigenvalue weighted by atomic mass is 9.93. The normalized spacial score (nSPS) is 16.1. The second-order valence-corrected chi connectivity index (χ2v) is 9.86. The first-order valence-corrected chi connectivity index (χ1v) is 13.0. The third-order valence-corrected chi connectivity index (χ3v) is 7.17. The molecule has 1 aliphatic heterocycles. The lowest BCUT2D eigenvalue weighted by Gasteiger charge is -2.27. The predicted molar refractivity (Wildman–Crippen MR) is 149 cm³/mol. The minimum absolute atomic E-state index is 0.0142. The molecule has 214 valence electrons. The van der Waals surface area contributed by atoms with Crippen LogP contribution in [0.1, 0.15) is 26.4 Å². The first kappa shape index (κ1) is 28.2. The minimum atomic E-state index is -2.03. The summed E-state index contributed by atoms with van der Waals surface area (Å²) in [5.41, 5.74) is 3.06. The highest BCUT2D eigenvalue weighted by atomic mass is 16.4. The Balaban J connectivity index is 1.27. The van der Waals surface area contributed by atoms with Crippen molar-refractivity contribution in [2.24, 2.45) is 0 Å². The molecule has 3 amide bonds. The number of nitrogens with one attached hydrogen (secondary N) is 3. The molecule has 1 aromatic heterocycles. The van der Waals surface area contributed by atoms with E-state index in [2.05, 4.69) is 15.6 Å². The molecule has 0 spiro atoms. The lowest BCUT2D eigenvalue weighted by Crippen LogP contribution is -2.52. The van der Waals surface area contributed by atoms with E-state index in [1.165, 1.54) is 4.90 Å². The Hall–Kier alpha value is -4.33. The van der Waals surface area contributed by atoms with E-state index in [4.69, 9.17) is 5.11 Å². The molecule has 4 aromatic rings. The van der Waals surface area contributed by atoms with Gasteiger partial charge in [-0.25, -0.2) is 0 Å². The van der Waals surface area contributed by atoms with Crippen LogP contribution in [0.2, 0.25) is 0 Å². The number of H-pyrrole nitrogens is 1. The first-order valence-electron chi connectivity index (χ1n) is 13.0. The first-order chi connectivity index (χ1) is 19.7. The molecule has 8 N–H and O–H groups in total. The summed E-state index contributed by atoms with van der Waals surface area (Å²) in [5, 5.41) is 55.5. The van der Waals surface area contributed by atoms with Crippen LogP contribution in [0.3, 0.4) is 0 Å². The Bertz CT molecular complexity index is 1560. The Morgan fingerprint density at radius 2 is 1.61 bits per heavy atom. The van der Waals surface area contributed by atoms with Crippen LogP contribution in [-0.2, 0) is 11.3 Å². The smallest absolute Gasteiger partial charge is 0.261 e. The van der Waals surface area contributed by atoms with E-state index in [1.54, 1.807) is 30.3 Å². The summed E-state index contributed by atoms with van der Waals surface area (Å²) >= 11 is 0. The highest BCUT2D eigenvalue weighted by molar-refractivity contribution is 6.26. The van der Waals surface area contributed by atoms with E-state index in [-0.39, 0.29) is 19.6 Å². The summed E-state index contributed by atoms with van der Waals surface area (Å²) in [7, 11) is 0. The molecule has 0 bridgehead atoms. The van der Waals surface area contributed by atoms with E-state index in [0.29, 0.717) is 27.6 Å². The van der Waals surface area contributed by atoms with Gasteiger partial charge in [0.1, 0.15) is 18.3 Å². The number of nitrogens with zero attached hydrogens (tertiary/aromatic N) is 1. The molecule has 0 aliphatic carbocycles. The summed E-state index contributed by atoms with van der Waals surface area (Å²) in [5.74, 6) is -1.79. The summed E-state index contributed by atoms with van der Waals surface area (Å²) in [6, 6.07) is 18.2. The van der Waals surface area contributed by atoms with Crippen LogP contribution in [0, 0.1) is 0 Å². The Morgan fingerprint density at radius 3 is 2.34 bits per heavy atom. The zero-order valence-electron chi connectivity index (χ0n) is 21.8. The summed E-state index contributed by atoms with van der Waals surface area (Å²) in [6.45, 7) is -0.563. The van der Waals surface area contributed by atoms with E-state index < -0.39 is 48.7 Å². The van der Waals surface area contributed by atoms with E-state index in [9.17, 15) is 34.8 Å². The van der Waals surface area contributed by atoms with Gasteiger partial charge in [-0.15, -0.1) is 0 Å². The fourth-order valence-electron chi connectivity index (χ4n) is 5.00. The molecule has 1 aliphatic rings. The molecule has 5 rings (SSSR count). The number of amides is 3. The molecule has 4 unspecified atom stereocenters. The average molecular weight is 563 g/mol. The van der Waals surface area contributed by atoms with Crippen LogP contribution in [0.15, 0.2) is 60.7 Å². The van der Waals surface area contributed by atoms with Crippen molar-refractivity contribution >= 4 is 45.1 Å². The number of aromatic amines is 1. The largest absolute Gasteiger partial charge is 0.394 e. The SMILES string of the molecule is O=C(NCCNc1ccc2c3c(cccc13)C(=O)N(Cc1cc3ccccc3[nH]1)C2=O)C(O)C(O)C(O)C(O)CO. The Kier molecular flexibility index (Phi) is 8.01. The number of hydrogen-bond donors (Lipinski definition) is 8. The van der Waals surface area contributed by atoms with E-state index in [0.717, 1.165) is 16.6 Å². The maximum atomic E-state index is 13.4. The number of carbonyl (C=O) groups excluding carboxylic acids is 3. The lowest BCUT2D eigenvalue weighted by molar-refractivity contribution is -0.148. The number of anilines is 1. The predicted octanol–water partition coefficient (Wildman–Crippen LogP) is 0.0813. The number of para-hydroxylation sites is 1. The number of carbonyl (C=O) groups is 3. The molecule has 0 saturated carbocycles. The molecule has 41 heavy (non-hydrogen) atoms. The van der Waals surface area contributed by atoms with E-state index in [1.807, 2.05) is 30.3 Å². The van der Waals surface area contributed by atoms with Crippen LogP contribution in [0.5, 0.6) is 0 Å². The third-order valence-electron chi connectivity index (χ3n) is 7.17. The summed E-state index contributed by atoms with van der Waals surface area (Å²) in [4.78, 5) is 43.5. The van der Waals surface area contributed by atoms with Crippen molar-refractivity contribution in [2.45, 2.75) is 31.0 Å². The molecule has 4 atom stereocenters. The molecule has 12 nitrogen and oxygen atoms in total. The van der Waals surface area contributed by atoms with Gasteiger partial charge in [-0.3, -0.25) is 19.3 Å². The second-order valence-electron chi connectivity index (χ2n) is 9.86. The molecule has 2 heterocycles. The molecule has 3 aromatic carbocycles. The minimum Gasteiger partial charge on any atom is -0.394 e. The zero-order valence-corrected chi connectivity index (χ0v) is 21.8. The molecule has 0 fully saturated rings. The highest BCUT2D eigenvalue weighted by Crippen LogP contribution is 2.35. The number of fused-ring (bicyclic) bond motifs is 1. The Morgan fingerprint density at radius 1 is 0.878 bits per heavy atom.